The number of nitrogens with zero attached hydrogens (tertiary/aromatic N) is 3. The standard InChI is InChI=1S/C21H22Cl2FN5O2/c1-11(18-19(22)15(24)7-16(30)20(18)23)31-17-6-12(8-27-21(17)25)13-9-28-29(10-13)14-2-4-26-5-3-14/h6-11,14,26,30H,2-5H2,1H3,(H2,25,27). The molecule has 0 saturated carbocycles. The Bertz CT molecular complexity index is 1080. The van der Waals surface area contributed by atoms with E-state index in [1.54, 1.807) is 25.4 Å². The number of hydrogen-bond acceptors (Lipinski definition) is 6. The van der Waals surface area contributed by atoms with Gasteiger partial charge in [0.25, 0.3) is 0 Å². The minimum atomic E-state index is -0.793. The van der Waals surface area contributed by atoms with Crippen molar-refractivity contribution in [3.05, 3.63) is 52.1 Å². The predicted octanol–water partition coefficient (Wildman–Crippen LogP) is 4.74. The van der Waals surface area contributed by atoms with Crippen LogP contribution in [0.1, 0.15) is 37.5 Å². The van der Waals surface area contributed by atoms with Crippen LogP contribution in [-0.2, 0) is 0 Å². The summed E-state index contributed by atoms with van der Waals surface area (Å²) in [7, 11) is 0. The molecule has 1 saturated heterocycles. The fraction of sp³-hybridized carbons (Fsp3) is 0.333. The van der Waals surface area contributed by atoms with E-state index in [9.17, 15) is 9.50 Å². The van der Waals surface area contributed by atoms with Crippen molar-refractivity contribution in [2.24, 2.45) is 0 Å². The average Bonchev–Trinajstić information content (AvgIpc) is 3.25. The number of aromatic hydroxyl groups is 1. The van der Waals surface area contributed by atoms with Crippen LogP contribution in [0.4, 0.5) is 10.2 Å². The Morgan fingerprint density at radius 1 is 1.23 bits per heavy atom. The zero-order valence-electron chi connectivity index (χ0n) is 16.8. The van der Waals surface area contributed by atoms with Gasteiger partial charge in [-0.1, -0.05) is 23.2 Å². The Kier molecular flexibility index (Phi) is 6.22. The molecule has 4 rings (SSSR count). The monoisotopic (exact) mass is 465 g/mol. The SMILES string of the molecule is CC(Oc1cc(-c2cnn(C3CCNCC3)c2)cnc1N)c1c(Cl)c(O)cc(F)c1Cl. The fourth-order valence-electron chi connectivity index (χ4n) is 3.68. The molecule has 2 aromatic heterocycles. The number of halogens is 3. The molecule has 0 amide bonds. The lowest BCUT2D eigenvalue weighted by atomic mass is 10.1. The summed E-state index contributed by atoms with van der Waals surface area (Å²) in [6, 6.07) is 2.96. The largest absolute Gasteiger partial charge is 0.506 e. The van der Waals surface area contributed by atoms with Gasteiger partial charge in [-0.25, -0.2) is 9.37 Å². The number of pyridine rings is 1. The van der Waals surface area contributed by atoms with E-state index in [4.69, 9.17) is 33.7 Å². The minimum Gasteiger partial charge on any atom is -0.506 e. The van der Waals surface area contributed by atoms with Gasteiger partial charge in [0.1, 0.15) is 17.7 Å². The first kappa shape index (κ1) is 21.7. The van der Waals surface area contributed by atoms with E-state index in [1.807, 2.05) is 10.9 Å². The number of nitrogen functional groups attached to an aromatic ring is 1. The molecule has 0 spiro atoms. The van der Waals surface area contributed by atoms with Crippen LogP contribution in [0.25, 0.3) is 11.1 Å². The quantitative estimate of drug-likeness (QED) is 0.470. The van der Waals surface area contributed by atoms with E-state index in [0.717, 1.165) is 43.1 Å². The van der Waals surface area contributed by atoms with E-state index < -0.39 is 17.7 Å². The molecule has 0 aliphatic carbocycles. The number of rotatable bonds is 5. The van der Waals surface area contributed by atoms with Crippen molar-refractivity contribution in [3.8, 4) is 22.6 Å². The number of hydrogen-bond donors (Lipinski definition) is 3. The first-order valence-corrected chi connectivity index (χ1v) is 10.6. The number of anilines is 1. The number of ether oxygens (including phenoxy) is 1. The zero-order chi connectivity index (χ0) is 22.1. The lowest BCUT2D eigenvalue weighted by Gasteiger charge is -2.22. The first-order valence-electron chi connectivity index (χ1n) is 9.89. The second kappa shape index (κ2) is 8.90. The maximum absolute atomic E-state index is 14.0. The number of nitrogens with one attached hydrogen (secondary N) is 1. The molecule has 1 unspecified atom stereocenters. The van der Waals surface area contributed by atoms with Crippen LogP contribution < -0.4 is 15.8 Å². The van der Waals surface area contributed by atoms with Gasteiger partial charge < -0.3 is 20.9 Å². The molecule has 1 aromatic carbocycles. The Morgan fingerprint density at radius 3 is 2.71 bits per heavy atom. The third-order valence-corrected chi connectivity index (χ3v) is 6.16. The molecule has 1 fully saturated rings. The number of phenols is 1. The molecular formula is C21H22Cl2FN5O2. The maximum atomic E-state index is 14.0. The molecule has 7 nitrogen and oxygen atoms in total. The van der Waals surface area contributed by atoms with Gasteiger partial charge in [0.05, 0.1) is 22.3 Å². The number of piperidine rings is 1. The highest BCUT2D eigenvalue weighted by atomic mass is 35.5. The molecule has 10 heteroatoms. The zero-order valence-corrected chi connectivity index (χ0v) is 18.3. The van der Waals surface area contributed by atoms with Crippen molar-refractivity contribution < 1.29 is 14.2 Å². The van der Waals surface area contributed by atoms with Crippen molar-refractivity contribution in [3.63, 3.8) is 0 Å². The van der Waals surface area contributed by atoms with Crippen LogP contribution in [0, 0.1) is 5.82 Å². The normalized spacial score (nSPS) is 15.7. The highest BCUT2D eigenvalue weighted by Gasteiger charge is 2.23. The third kappa shape index (κ3) is 4.42. The van der Waals surface area contributed by atoms with Gasteiger partial charge in [-0.3, -0.25) is 4.68 Å². The molecule has 4 N–H and O–H groups in total. The smallest absolute Gasteiger partial charge is 0.166 e. The third-order valence-electron chi connectivity index (χ3n) is 5.38. The first-order chi connectivity index (χ1) is 14.8. The Balaban J connectivity index is 1.60. The van der Waals surface area contributed by atoms with E-state index in [1.165, 1.54) is 0 Å². The van der Waals surface area contributed by atoms with Crippen molar-refractivity contribution in [2.75, 3.05) is 18.8 Å². The topological polar surface area (TPSA) is 98.2 Å². The van der Waals surface area contributed by atoms with Gasteiger partial charge in [-0.15, -0.1) is 0 Å². The Labute approximate surface area is 188 Å². The lowest BCUT2D eigenvalue weighted by molar-refractivity contribution is 0.227. The summed E-state index contributed by atoms with van der Waals surface area (Å²) in [5.41, 5.74) is 7.78. The van der Waals surface area contributed by atoms with Gasteiger partial charge in [-0.2, -0.15) is 5.10 Å². The molecule has 1 atom stereocenters. The molecule has 0 radical (unpaired) electrons. The number of phenolic OH excluding ortho intramolecular Hbond substituents is 1. The van der Waals surface area contributed by atoms with E-state index in [-0.39, 0.29) is 27.2 Å². The molecule has 0 bridgehead atoms. The summed E-state index contributed by atoms with van der Waals surface area (Å²) in [5, 5.41) is 17.4. The predicted molar refractivity (Wildman–Crippen MR) is 118 cm³/mol. The molecule has 3 heterocycles. The molecule has 1 aliphatic rings. The van der Waals surface area contributed by atoms with Crippen LogP contribution in [0.3, 0.4) is 0 Å². The van der Waals surface area contributed by atoms with Crippen LogP contribution in [0.5, 0.6) is 11.5 Å². The Morgan fingerprint density at radius 2 is 1.97 bits per heavy atom. The average molecular weight is 466 g/mol. The van der Waals surface area contributed by atoms with Gasteiger partial charge in [-0.05, 0) is 38.9 Å². The van der Waals surface area contributed by atoms with E-state index in [0.29, 0.717) is 6.04 Å². The maximum Gasteiger partial charge on any atom is 0.166 e. The van der Waals surface area contributed by atoms with E-state index >= 15 is 0 Å². The van der Waals surface area contributed by atoms with Crippen LogP contribution in [-0.4, -0.2) is 33.0 Å². The highest BCUT2D eigenvalue weighted by Crippen LogP contribution is 2.41. The molecule has 3 aromatic rings. The van der Waals surface area contributed by atoms with Crippen LogP contribution in [0.2, 0.25) is 10.0 Å². The fourth-order valence-corrected chi connectivity index (χ4v) is 4.34. The second-order valence-corrected chi connectivity index (χ2v) is 8.23. The van der Waals surface area contributed by atoms with Crippen molar-refractivity contribution in [2.45, 2.75) is 31.9 Å². The molecular weight excluding hydrogens is 444 g/mol. The summed E-state index contributed by atoms with van der Waals surface area (Å²) >= 11 is 12.2. The Hall–Kier alpha value is -2.55. The lowest BCUT2D eigenvalue weighted by Crippen LogP contribution is -2.29. The van der Waals surface area contributed by atoms with Crippen LogP contribution in [0.15, 0.2) is 30.7 Å². The summed E-state index contributed by atoms with van der Waals surface area (Å²) in [5.74, 6) is -0.761. The summed E-state index contributed by atoms with van der Waals surface area (Å²) in [4.78, 5) is 4.22. The summed E-state index contributed by atoms with van der Waals surface area (Å²) in [6.45, 7) is 3.58. The van der Waals surface area contributed by atoms with Gasteiger partial charge in [0.2, 0.25) is 0 Å². The van der Waals surface area contributed by atoms with Crippen molar-refractivity contribution in [1.82, 2.24) is 20.1 Å². The minimum absolute atomic E-state index is 0.0789. The number of benzene rings is 1. The van der Waals surface area contributed by atoms with E-state index in [2.05, 4.69) is 15.4 Å². The summed E-state index contributed by atoms with van der Waals surface area (Å²) < 4.78 is 21.9. The van der Waals surface area contributed by atoms with Gasteiger partial charge in [0.15, 0.2) is 11.6 Å². The van der Waals surface area contributed by atoms with Crippen molar-refractivity contribution >= 4 is 29.0 Å². The second-order valence-electron chi connectivity index (χ2n) is 7.48. The molecule has 1 aliphatic heterocycles. The molecule has 31 heavy (non-hydrogen) atoms. The van der Waals surface area contributed by atoms with Crippen molar-refractivity contribution in [1.29, 1.82) is 0 Å². The van der Waals surface area contributed by atoms with Gasteiger partial charge in [0, 0.05) is 35.2 Å². The van der Waals surface area contributed by atoms with Crippen LogP contribution >= 0.6 is 23.2 Å². The highest BCUT2D eigenvalue weighted by molar-refractivity contribution is 6.37. The molecule has 164 valence electrons. The summed E-state index contributed by atoms with van der Waals surface area (Å²) in [6.07, 6.45) is 6.66. The van der Waals surface area contributed by atoms with Gasteiger partial charge >= 0.3 is 0 Å². The number of aromatic nitrogens is 3. The number of nitrogens with two attached hydrogens (primary N) is 1.